The summed E-state index contributed by atoms with van der Waals surface area (Å²) < 4.78 is 0. The first kappa shape index (κ1) is 14.6. The number of aryl methyl sites for hydroxylation is 1. The van der Waals surface area contributed by atoms with Gasteiger partial charge in [0, 0.05) is 27.9 Å². The molecule has 102 valence electrons. The maximum absolute atomic E-state index is 4.69. The van der Waals surface area contributed by atoms with Crippen molar-refractivity contribution in [1.29, 1.82) is 0 Å². The molecule has 0 aliphatic carbocycles. The monoisotopic (exact) mass is 292 g/mol. The van der Waals surface area contributed by atoms with Gasteiger partial charge in [-0.25, -0.2) is 4.98 Å². The molecule has 0 unspecified atom stereocenters. The zero-order valence-electron chi connectivity index (χ0n) is 11.9. The molecule has 2 nitrogen and oxygen atoms in total. The number of hydrogen-bond acceptors (Lipinski definition) is 4. The van der Waals surface area contributed by atoms with Gasteiger partial charge in [0.2, 0.25) is 0 Å². The Bertz CT molecular complexity index is 530. The number of thiazole rings is 1. The van der Waals surface area contributed by atoms with Crippen LogP contribution in [0.15, 0.2) is 29.2 Å². The first-order chi connectivity index (χ1) is 9.10. The summed E-state index contributed by atoms with van der Waals surface area (Å²) in [6, 6.07) is 9.13. The molecule has 0 radical (unpaired) electrons. The molecule has 0 atom stereocenters. The molecule has 0 saturated carbocycles. The number of thioether (sulfide) groups is 1. The van der Waals surface area contributed by atoms with E-state index in [4.69, 9.17) is 0 Å². The normalized spacial score (nSPS) is 11.2. The second-order valence-electron chi connectivity index (χ2n) is 4.79. The Balaban J connectivity index is 2.18. The Morgan fingerprint density at radius 1 is 1.26 bits per heavy atom. The third kappa shape index (κ3) is 3.81. The number of nitrogens with one attached hydrogen (secondary N) is 1. The van der Waals surface area contributed by atoms with Gasteiger partial charge in [-0.1, -0.05) is 26.0 Å². The molecule has 0 saturated heterocycles. The molecule has 0 bridgehead atoms. The number of nitrogens with zero attached hydrogens (tertiary/aromatic N) is 1. The number of aromatic nitrogens is 1. The van der Waals surface area contributed by atoms with E-state index in [9.17, 15) is 0 Å². The van der Waals surface area contributed by atoms with Crippen molar-refractivity contribution in [2.45, 2.75) is 38.3 Å². The largest absolute Gasteiger partial charge is 0.310 e. The fourth-order valence-corrected chi connectivity index (χ4v) is 3.17. The van der Waals surface area contributed by atoms with E-state index in [0.717, 1.165) is 17.2 Å². The van der Waals surface area contributed by atoms with Crippen LogP contribution in [0.3, 0.4) is 0 Å². The maximum atomic E-state index is 4.69. The average molecular weight is 292 g/mol. The third-order valence-electron chi connectivity index (χ3n) is 2.90. The maximum Gasteiger partial charge on any atom is 0.123 e. The van der Waals surface area contributed by atoms with Crippen molar-refractivity contribution in [3.8, 4) is 10.6 Å². The summed E-state index contributed by atoms with van der Waals surface area (Å²) in [5.74, 6) is 0. The highest BCUT2D eigenvalue weighted by molar-refractivity contribution is 7.98. The van der Waals surface area contributed by atoms with Crippen LogP contribution >= 0.6 is 23.1 Å². The fraction of sp³-hybridized carbons (Fsp3) is 0.400. The molecule has 1 N–H and O–H groups in total. The lowest BCUT2D eigenvalue weighted by Crippen LogP contribution is -2.21. The lowest BCUT2D eigenvalue weighted by molar-refractivity contribution is 0.591. The van der Waals surface area contributed by atoms with E-state index in [0.29, 0.717) is 6.04 Å². The minimum atomic E-state index is 0.505. The molecule has 2 aromatic rings. The predicted octanol–water partition coefficient (Wildman–Crippen LogP) is 4.34. The summed E-state index contributed by atoms with van der Waals surface area (Å²) in [4.78, 5) is 7.31. The first-order valence-corrected chi connectivity index (χ1v) is 8.48. The van der Waals surface area contributed by atoms with Gasteiger partial charge < -0.3 is 5.32 Å². The van der Waals surface area contributed by atoms with Crippen LogP contribution in [0.25, 0.3) is 10.6 Å². The summed E-state index contributed by atoms with van der Waals surface area (Å²) in [5.41, 5.74) is 2.35. The second kappa shape index (κ2) is 6.55. The zero-order valence-corrected chi connectivity index (χ0v) is 13.5. The van der Waals surface area contributed by atoms with E-state index in [-0.39, 0.29) is 0 Å². The molecular formula is C15H20N2S2. The molecule has 4 heteroatoms. The Labute approximate surface area is 123 Å². The van der Waals surface area contributed by atoms with E-state index in [2.05, 4.69) is 61.6 Å². The number of benzene rings is 1. The molecule has 1 heterocycles. The average Bonchev–Trinajstić information content (AvgIpc) is 2.78. The Hall–Kier alpha value is -0.840. The Morgan fingerprint density at radius 2 is 1.95 bits per heavy atom. The Kier molecular flexibility index (Phi) is 5.02. The van der Waals surface area contributed by atoms with E-state index in [1.807, 2.05) is 0 Å². The summed E-state index contributed by atoms with van der Waals surface area (Å²) in [5, 5.41) is 4.57. The second-order valence-corrected chi connectivity index (χ2v) is 6.75. The van der Waals surface area contributed by atoms with Crippen LogP contribution in [-0.2, 0) is 6.54 Å². The van der Waals surface area contributed by atoms with E-state index in [1.165, 1.54) is 15.3 Å². The highest BCUT2D eigenvalue weighted by Gasteiger charge is 2.09. The molecule has 0 fully saturated rings. The van der Waals surface area contributed by atoms with Gasteiger partial charge in [0.15, 0.2) is 0 Å². The minimum Gasteiger partial charge on any atom is -0.310 e. The van der Waals surface area contributed by atoms with Crippen LogP contribution in [0.5, 0.6) is 0 Å². The summed E-state index contributed by atoms with van der Waals surface area (Å²) in [6.07, 6.45) is 2.10. The van der Waals surface area contributed by atoms with Gasteiger partial charge in [0.1, 0.15) is 5.01 Å². The highest BCUT2D eigenvalue weighted by atomic mass is 32.2. The zero-order chi connectivity index (χ0) is 13.8. The molecule has 2 rings (SSSR count). The fourth-order valence-electron chi connectivity index (χ4n) is 1.75. The van der Waals surface area contributed by atoms with Crippen molar-refractivity contribution in [3.63, 3.8) is 0 Å². The van der Waals surface area contributed by atoms with Gasteiger partial charge in [-0.05, 0) is 25.3 Å². The molecule has 0 amide bonds. The molecule has 1 aromatic heterocycles. The van der Waals surface area contributed by atoms with Crippen molar-refractivity contribution in [2.75, 3.05) is 6.26 Å². The topological polar surface area (TPSA) is 24.9 Å². The minimum absolute atomic E-state index is 0.505. The quantitative estimate of drug-likeness (QED) is 0.830. The first-order valence-electron chi connectivity index (χ1n) is 6.44. The standard InChI is InChI=1S/C15H20N2S2/c1-10(2)16-9-14-11(3)17-15(19-14)12-5-7-13(18-4)8-6-12/h5-8,10,16H,9H2,1-4H3. The van der Waals surface area contributed by atoms with Crippen LogP contribution in [0, 0.1) is 6.92 Å². The van der Waals surface area contributed by atoms with Gasteiger partial charge in [-0.2, -0.15) is 0 Å². The lowest BCUT2D eigenvalue weighted by Gasteiger charge is -2.05. The Morgan fingerprint density at radius 3 is 2.53 bits per heavy atom. The van der Waals surface area contributed by atoms with Crippen LogP contribution in [-0.4, -0.2) is 17.3 Å². The number of hydrogen-bond donors (Lipinski definition) is 1. The summed E-state index contributed by atoms with van der Waals surface area (Å²) in [6.45, 7) is 7.33. The molecule has 0 spiro atoms. The van der Waals surface area contributed by atoms with Crippen molar-refractivity contribution in [2.24, 2.45) is 0 Å². The van der Waals surface area contributed by atoms with Crippen LogP contribution in [0.4, 0.5) is 0 Å². The van der Waals surface area contributed by atoms with E-state index < -0.39 is 0 Å². The predicted molar refractivity (Wildman–Crippen MR) is 86.0 cm³/mol. The van der Waals surface area contributed by atoms with Crippen molar-refractivity contribution >= 4 is 23.1 Å². The SMILES string of the molecule is CSc1ccc(-c2nc(C)c(CNC(C)C)s2)cc1. The van der Waals surface area contributed by atoms with E-state index in [1.54, 1.807) is 23.1 Å². The van der Waals surface area contributed by atoms with Gasteiger partial charge in [-0.3, -0.25) is 0 Å². The molecule has 0 aliphatic heterocycles. The molecular weight excluding hydrogens is 272 g/mol. The highest BCUT2D eigenvalue weighted by Crippen LogP contribution is 2.29. The van der Waals surface area contributed by atoms with Crippen LogP contribution in [0.1, 0.15) is 24.4 Å². The summed E-state index contributed by atoms with van der Waals surface area (Å²) in [7, 11) is 0. The van der Waals surface area contributed by atoms with Crippen molar-refractivity contribution in [1.82, 2.24) is 10.3 Å². The van der Waals surface area contributed by atoms with Gasteiger partial charge >= 0.3 is 0 Å². The summed E-state index contributed by atoms with van der Waals surface area (Å²) >= 11 is 3.55. The molecule has 1 aromatic carbocycles. The van der Waals surface area contributed by atoms with Gasteiger partial charge in [-0.15, -0.1) is 23.1 Å². The van der Waals surface area contributed by atoms with E-state index >= 15 is 0 Å². The molecule has 0 aliphatic rings. The lowest BCUT2D eigenvalue weighted by atomic mass is 10.2. The van der Waals surface area contributed by atoms with Crippen molar-refractivity contribution in [3.05, 3.63) is 34.8 Å². The van der Waals surface area contributed by atoms with Crippen molar-refractivity contribution < 1.29 is 0 Å². The van der Waals surface area contributed by atoms with Crippen LogP contribution in [0.2, 0.25) is 0 Å². The molecule has 19 heavy (non-hydrogen) atoms. The van der Waals surface area contributed by atoms with Crippen LogP contribution < -0.4 is 5.32 Å². The van der Waals surface area contributed by atoms with Gasteiger partial charge in [0.05, 0.1) is 5.69 Å². The van der Waals surface area contributed by atoms with Gasteiger partial charge in [0.25, 0.3) is 0 Å². The number of rotatable bonds is 5. The smallest absolute Gasteiger partial charge is 0.123 e. The third-order valence-corrected chi connectivity index (χ3v) is 4.85.